The number of nitrogens with two attached hydrogens (primary N) is 1. The predicted octanol–water partition coefficient (Wildman–Crippen LogP) is 3.31. The molecule has 3 unspecified atom stereocenters. The summed E-state index contributed by atoms with van der Waals surface area (Å²) in [6.07, 6.45) is 2.55. The largest absolute Gasteiger partial charge is 0.327 e. The first-order chi connectivity index (χ1) is 9.29. The monoisotopic (exact) mass is 345 g/mol. The molecule has 3 nitrogen and oxygen atoms in total. The molecule has 1 aliphatic carbocycles. The summed E-state index contributed by atoms with van der Waals surface area (Å²) in [6, 6.07) is 8.84. The van der Waals surface area contributed by atoms with Crippen LogP contribution in [0.3, 0.4) is 0 Å². The van der Waals surface area contributed by atoms with Crippen molar-refractivity contribution in [2.75, 3.05) is 13.1 Å². The average molecular weight is 346 g/mol. The number of thiazole rings is 1. The number of rotatable bonds is 2. The number of hydrogen-bond acceptors (Lipinski definition) is 4. The van der Waals surface area contributed by atoms with Gasteiger partial charge in [0.15, 0.2) is 0 Å². The van der Waals surface area contributed by atoms with Gasteiger partial charge in [-0.15, -0.1) is 36.2 Å². The molecule has 2 aromatic rings. The molecule has 0 bridgehead atoms. The molecule has 2 fully saturated rings. The molecular weight excluding hydrogens is 325 g/mol. The van der Waals surface area contributed by atoms with Crippen LogP contribution in [-0.2, 0) is 6.54 Å². The second-order valence-corrected chi connectivity index (χ2v) is 7.05. The number of nitrogens with zero attached hydrogens (tertiary/aromatic N) is 2. The van der Waals surface area contributed by atoms with Crippen LogP contribution in [0.2, 0.25) is 0 Å². The SMILES string of the molecule is Cl.Cl.NC1CCC2CN(Cc3nc4ccccc4s3)CC12. The number of fused-ring (bicyclic) bond motifs is 2. The molecule has 1 aromatic heterocycles. The van der Waals surface area contributed by atoms with Crippen molar-refractivity contribution in [3.8, 4) is 0 Å². The van der Waals surface area contributed by atoms with E-state index in [0.29, 0.717) is 6.04 Å². The second kappa shape index (κ2) is 6.80. The van der Waals surface area contributed by atoms with E-state index >= 15 is 0 Å². The van der Waals surface area contributed by atoms with E-state index in [9.17, 15) is 0 Å². The zero-order valence-corrected chi connectivity index (χ0v) is 14.2. The normalized spacial score (nSPS) is 28.1. The molecule has 2 N–H and O–H groups in total. The van der Waals surface area contributed by atoms with Gasteiger partial charge in [0.2, 0.25) is 0 Å². The van der Waals surface area contributed by atoms with Crippen LogP contribution >= 0.6 is 36.2 Å². The summed E-state index contributed by atoms with van der Waals surface area (Å²) in [7, 11) is 0. The molecule has 3 atom stereocenters. The van der Waals surface area contributed by atoms with Gasteiger partial charge in [-0.25, -0.2) is 4.98 Å². The molecule has 0 spiro atoms. The van der Waals surface area contributed by atoms with Crippen LogP contribution in [0.15, 0.2) is 24.3 Å². The Hall–Kier alpha value is -0.390. The van der Waals surface area contributed by atoms with E-state index < -0.39 is 0 Å². The molecule has 1 aliphatic heterocycles. The van der Waals surface area contributed by atoms with E-state index in [4.69, 9.17) is 10.7 Å². The van der Waals surface area contributed by atoms with Crippen LogP contribution in [0.1, 0.15) is 17.8 Å². The second-order valence-electron chi connectivity index (χ2n) is 5.93. The van der Waals surface area contributed by atoms with E-state index in [1.165, 1.54) is 35.6 Å². The summed E-state index contributed by atoms with van der Waals surface area (Å²) in [5.74, 6) is 1.57. The molecule has 6 heteroatoms. The minimum Gasteiger partial charge on any atom is -0.327 e. The number of halogens is 2. The molecule has 0 radical (unpaired) electrons. The molecule has 1 saturated carbocycles. The summed E-state index contributed by atoms with van der Waals surface area (Å²) < 4.78 is 1.30. The minimum absolute atomic E-state index is 0. The van der Waals surface area contributed by atoms with Crippen LogP contribution in [0, 0.1) is 11.8 Å². The highest BCUT2D eigenvalue weighted by Crippen LogP contribution is 2.38. The maximum absolute atomic E-state index is 6.20. The quantitative estimate of drug-likeness (QED) is 0.907. The van der Waals surface area contributed by atoms with Gasteiger partial charge in [0.1, 0.15) is 5.01 Å². The summed E-state index contributed by atoms with van der Waals surface area (Å²) in [5.41, 5.74) is 7.33. The Bertz CT molecular complexity index is 570. The molecular formula is C15H21Cl2N3S. The number of aromatic nitrogens is 1. The third-order valence-corrected chi connectivity index (χ3v) is 5.71. The lowest BCUT2D eigenvalue weighted by Crippen LogP contribution is -2.30. The number of hydrogen-bond donors (Lipinski definition) is 1. The molecule has 0 amide bonds. The fourth-order valence-corrected chi connectivity index (χ4v) is 4.72. The Labute approximate surface area is 141 Å². The van der Waals surface area contributed by atoms with Crippen LogP contribution < -0.4 is 5.73 Å². The van der Waals surface area contributed by atoms with Crippen LogP contribution in [0.25, 0.3) is 10.2 Å². The van der Waals surface area contributed by atoms with Gasteiger partial charge in [0.25, 0.3) is 0 Å². The van der Waals surface area contributed by atoms with Crippen molar-refractivity contribution >= 4 is 46.4 Å². The summed E-state index contributed by atoms with van der Waals surface area (Å²) >= 11 is 1.83. The van der Waals surface area contributed by atoms with E-state index in [0.717, 1.165) is 23.9 Å². The van der Waals surface area contributed by atoms with Crippen molar-refractivity contribution in [2.45, 2.75) is 25.4 Å². The highest BCUT2D eigenvalue weighted by molar-refractivity contribution is 7.18. The first-order valence-electron chi connectivity index (χ1n) is 7.12. The first-order valence-corrected chi connectivity index (χ1v) is 7.93. The zero-order valence-electron chi connectivity index (χ0n) is 11.8. The summed E-state index contributed by atoms with van der Waals surface area (Å²) in [6.45, 7) is 3.38. The van der Waals surface area contributed by atoms with E-state index in [1.54, 1.807) is 0 Å². The number of likely N-dealkylation sites (tertiary alicyclic amines) is 1. The lowest BCUT2D eigenvalue weighted by Gasteiger charge is -2.16. The number of benzene rings is 1. The van der Waals surface area contributed by atoms with Crippen LogP contribution in [0.5, 0.6) is 0 Å². The fraction of sp³-hybridized carbons (Fsp3) is 0.533. The molecule has 2 heterocycles. The summed E-state index contributed by atoms with van der Waals surface area (Å²) in [4.78, 5) is 7.28. The van der Waals surface area contributed by atoms with Gasteiger partial charge in [-0.2, -0.15) is 0 Å². The van der Waals surface area contributed by atoms with E-state index in [2.05, 4.69) is 29.2 Å². The molecule has 4 rings (SSSR count). The van der Waals surface area contributed by atoms with Gasteiger partial charge < -0.3 is 5.73 Å². The van der Waals surface area contributed by atoms with E-state index in [-0.39, 0.29) is 24.8 Å². The van der Waals surface area contributed by atoms with Crippen molar-refractivity contribution in [1.82, 2.24) is 9.88 Å². The highest BCUT2D eigenvalue weighted by Gasteiger charge is 2.40. The van der Waals surface area contributed by atoms with Crippen molar-refractivity contribution in [1.29, 1.82) is 0 Å². The van der Waals surface area contributed by atoms with Gasteiger partial charge >= 0.3 is 0 Å². The van der Waals surface area contributed by atoms with Crippen LogP contribution in [0.4, 0.5) is 0 Å². The van der Waals surface area contributed by atoms with Crippen molar-refractivity contribution in [3.63, 3.8) is 0 Å². The van der Waals surface area contributed by atoms with Crippen molar-refractivity contribution < 1.29 is 0 Å². The Balaban J connectivity index is 0.000000807. The highest BCUT2D eigenvalue weighted by atomic mass is 35.5. The Kier molecular flexibility index (Phi) is 5.49. The lowest BCUT2D eigenvalue weighted by molar-refractivity contribution is 0.298. The van der Waals surface area contributed by atoms with Gasteiger partial charge in [-0.3, -0.25) is 4.90 Å². The third kappa shape index (κ3) is 3.20. The van der Waals surface area contributed by atoms with Gasteiger partial charge in [-0.05, 0) is 36.8 Å². The molecule has 1 saturated heterocycles. The third-order valence-electron chi connectivity index (χ3n) is 4.69. The molecule has 21 heavy (non-hydrogen) atoms. The predicted molar refractivity (Wildman–Crippen MR) is 93.6 cm³/mol. The topological polar surface area (TPSA) is 42.1 Å². The summed E-state index contributed by atoms with van der Waals surface area (Å²) in [5, 5.41) is 1.25. The maximum atomic E-state index is 6.20. The van der Waals surface area contributed by atoms with Crippen LogP contribution in [-0.4, -0.2) is 29.0 Å². The Morgan fingerprint density at radius 2 is 2.00 bits per heavy atom. The van der Waals surface area contributed by atoms with Crippen molar-refractivity contribution in [3.05, 3.63) is 29.3 Å². The lowest BCUT2D eigenvalue weighted by atomic mass is 9.98. The van der Waals surface area contributed by atoms with Gasteiger partial charge in [0, 0.05) is 19.1 Å². The Morgan fingerprint density at radius 3 is 2.76 bits per heavy atom. The molecule has 2 aliphatic rings. The smallest absolute Gasteiger partial charge is 0.108 e. The zero-order chi connectivity index (χ0) is 12.8. The molecule has 116 valence electrons. The van der Waals surface area contributed by atoms with E-state index in [1.807, 2.05) is 11.3 Å². The minimum atomic E-state index is 0. The number of para-hydroxylation sites is 1. The standard InChI is InChI=1S/C15H19N3S.2ClH/c16-12-6-5-10-7-18(8-11(10)12)9-15-17-13-3-1-2-4-14(13)19-15;;/h1-4,10-12H,5-9,16H2;2*1H. The average Bonchev–Trinajstić information content (AvgIpc) is 3.06. The van der Waals surface area contributed by atoms with Gasteiger partial charge in [-0.1, -0.05) is 12.1 Å². The molecule has 1 aromatic carbocycles. The Morgan fingerprint density at radius 1 is 1.19 bits per heavy atom. The maximum Gasteiger partial charge on any atom is 0.108 e. The first kappa shape index (κ1) is 17.0. The van der Waals surface area contributed by atoms with Crippen molar-refractivity contribution in [2.24, 2.45) is 17.6 Å². The fourth-order valence-electron chi connectivity index (χ4n) is 3.71. The van der Waals surface area contributed by atoms with Gasteiger partial charge in [0.05, 0.1) is 16.8 Å².